The van der Waals surface area contributed by atoms with Gasteiger partial charge in [0, 0.05) is 11.3 Å². The molecule has 11 heavy (non-hydrogen) atoms. The van der Waals surface area contributed by atoms with Gasteiger partial charge in [0.1, 0.15) is 5.01 Å². The smallest absolute Gasteiger partial charge is 0.103 e. The highest BCUT2D eigenvalue weighted by atomic mass is 79.9. The Morgan fingerprint density at radius 1 is 1.64 bits per heavy atom. The summed E-state index contributed by atoms with van der Waals surface area (Å²) in [5.41, 5.74) is 1.33. The topological polar surface area (TPSA) is 12.9 Å². The van der Waals surface area contributed by atoms with Crippen molar-refractivity contribution in [2.75, 3.05) is 0 Å². The lowest BCUT2D eigenvalue weighted by Crippen LogP contribution is -2.08. The van der Waals surface area contributed by atoms with Crippen molar-refractivity contribution in [3.8, 4) is 0 Å². The zero-order chi connectivity index (χ0) is 7.68. The van der Waals surface area contributed by atoms with Crippen molar-refractivity contribution in [1.29, 1.82) is 0 Å². The van der Waals surface area contributed by atoms with E-state index in [4.69, 9.17) is 0 Å². The molecule has 2 rings (SSSR count). The molecule has 60 valence electrons. The normalized spacial score (nSPS) is 18.3. The molecule has 0 aliphatic heterocycles. The van der Waals surface area contributed by atoms with Gasteiger partial charge in [-0.1, -0.05) is 22.4 Å². The Bertz CT molecular complexity index is 242. The number of alkyl halides is 1. The van der Waals surface area contributed by atoms with Crippen molar-refractivity contribution in [2.24, 2.45) is 0 Å². The molecule has 1 nitrogen and oxygen atoms in total. The highest BCUT2D eigenvalue weighted by Crippen LogP contribution is 2.36. The fourth-order valence-electron chi connectivity index (χ4n) is 1.28. The van der Waals surface area contributed by atoms with Crippen LogP contribution in [-0.2, 0) is 5.33 Å². The third kappa shape index (κ3) is 1.49. The zero-order valence-corrected chi connectivity index (χ0v) is 8.62. The lowest BCUT2D eigenvalue weighted by Gasteiger charge is -2.22. The second kappa shape index (κ2) is 3.23. The molecule has 0 spiro atoms. The van der Waals surface area contributed by atoms with Gasteiger partial charge in [-0.25, -0.2) is 4.98 Å². The van der Waals surface area contributed by atoms with Gasteiger partial charge in [0.25, 0.3) is 0 Å². The lowest BCUT2D eigenvalue weighted by molar-refractivity contribution is 0.412. The van der Waals surface area contributed by atoms with E-state index in [0.717, 1.165) is 11.2 Å². The standard InChI is InChI=1S/C8H10BrNS/c9-4-8-10-7(5-11-8)6-2-1-3-6/h5-6H,1-4H2. The van der Waals surface area contributed by atoms with E-state index in [-0.39, 0.29) is 0 Å². The first-order valence-corrected chi connectivity index (χ1v) is 5.90. The van der Waals surface area contributed by atoms with Crippen molar-refractivity contribution in [1.82, 2.24) is 4.98 Å². The van der Waals surface area contributed by atoms with Crippen molar-refractivity contribution in [2.45, 2.75) is 30.5 Å². The molecule has 1 aliphatic carbocycles. The van der Waals surface area contributed by atoms with E-state index in [9.17, 15) is 0 Å². The third-order valence-electron chi connectivity index (χ3n) is 2.21. The molecule has 1 aromatic rings. The molecule has 0 N–H and O–H groups in total. The Labute approximate surface area is 79.0 Å². The second-order valence-corrected chi connectivity index (χ2v) is 4.43. The number of aromatic nitrogens is 1. The summed E-state index contributed by atoms with van der Waals surface area (Å²) in [6.45, 7) is 0. The minimum atomic E-state index is 0.791. The number of nitrogens with zero attached hydrogens (tertiary/aromatic N) is 1. The minimum Gasteiger partial charge on any atom is -0.245 e. The minimum absolute atomic E-state index is 0.791. The van der Waals surface area contributed by atoms with Crippen LogP contribution in [0.15, 0.2) is 5.38 Å². The first kappa shape index (κ1) is 7.74. The number of halogens is 1. The monoisotopic (exact) mass is 231 g/mol. The van der Waals surface area contributed by atoms with Gasteiger partial charge < -0.3 is 0 Å². The van der Waals surface area contributed by atoms with Crippen LogP contribution in [0.3, 0.4) is 0 Å². The predicted octanol–water partition coefficient (Wildman–Crippen LogP) is 3.31. The molecule has 1 saturated carbocycles. The summed E-state index contributed by atoms with van der Waals surface area (Å²) in [6.07, 6.45) is 4.10. The Morgan fingerprint density at radius 2 is 2.45 bits per heavy atom. The Hall–Kier alpha value is 0.110. The first-order valence-electron chi connectivity index (χ1n) is 3.90. The highest BCUT2D eigenvalue weighted by molar-refractivity contribution is 9.08. The van der Waals surface area contributed by atoms with Gasteiger partial charge in [-0.15, -0.1) is 11.3 Å². The van der Waals surface area contributed by atoms with Crippen LogP contribution in [0.1, 0.15) is 35.9 Å². The Morgan fingerprint density at radius 3 is 2.91 bits per heavy atom. The van der Waals surface area contributed by atoms with Crippen LogP contribution in [-0.4, -0.2) is 4.98 Å². The van der Waals surface area contributed by atoms with Gasteiger partial charge in [-0.2, -0.15) is 0 Å². The summed E-state index contributed by atoms with van der Waals surface area (Å²) >= 11 is 5.18. The summed E-state index contributed by atoms with van der Waals surface area (Å²) < 4.78 is 0. The van der Waals surface area contributed by atoms with Crippen molar-refractivity contribution in [3.63, 3.8) is 0 Å². The fourth-order valence-corrected chi connectivity index (χ4v) is 2.52. The van der Waals surface area contributed by atoms with Gasteiger partial charge in [-0.3, -0.25) is 0 Å². The number of hydrogen-bond donors (Lipinski definition) is 0. The van der Waals surface area contributed by atoms with Crippen LogP contribution >= 0.6 is 27.3 Å². The molecule has 0 amide bonds. The van der Waals surface area contributed by atoms with Gasteiger partial charge in [0.05, 0.1) is 11.0 Å². The van der Waals surface area contributed by atoms with Crippen LogP contribution < -0.4 is 0 Å². The van der Waals surface area contributed by atoms with E-state index < -0.39 is 0 Å². The van der Waals surface area contributed by atoms with E-state index >= 15 is 0 Å². The number of hydrogen-bond acceptors (Lipinski definition) is 2. The molecule has 0 aromatic carbocycles. The molecule has 1 aromatic heterocycles. The number of thiazole rings is 1. The first-order chi connectivity index (χ1) is 5.40. The van der Waals surface area contributed by atoms with Gasteiger partial charge in [0.15, 0.2) is 0 Å². The maximum Gasteiger partial charge on any atom is 0.103 e. The van der Waals surface area contributed by atoms with Crippen LogP contribution in [0.25, 0.3) is 0 Å². The summed E-state index contributed by atoms with van der Waals surface area (Å²) in [5.74, 6) is 0.791. The maximum absolute atomic E-state index is 4.52. The second-order valence-electron chi connectivity index (χ2n) is 2.93. The van der Waals surface area contributed by atoms with E-state index in [2.05, 4.69) is 26.3 Å². The molecule has 1 aliphatic rings. The van der Waals surface area contributed by atoms with E-state index in [1.807, 2.05) is 0 Å². The Balaban J connectivity index is 2.11. The molecule has 0 unspecified atom stereocenters. The quantitative estimate of drug-likeness (QED) is 0.713. The fraction of sp³-hybridized carbons (Fsp3) is 0.625. The largest absolute Gasteiger partial charge is 0.245 e. The molecule has 3 heteroatoms. The van der Waals surface area contributed by atoms with Crippen molar-refractivity contribution in [3.05, 3.63) is 16.1 Å². The predicted molar refractivity (Wildman–Crippen MR) is 51.3 cm³/mol. The lowest BCUT2D eigenvalue weighted by atomic mass is 9.83. The maximum atomic E-state index is 4.52. The molecular formula is C8H10BrNS. The Kier molecular flexibility index (Phi) is 2.28. The third-order valence-corrected chi connectivity index (χ3v) is 3.98. The van der Waals surface area contributed by atoms with Gasteiger partial charge >= 0.3 is 0 Å². The van der Waals surface area contributed by atoms with Crippen LogP contribution in [0.4, 0.5) is 0 Å². The summed E-state index contributed by atoms with van der Waals surface area (Å²) in [4.78, 5) is 4.52. The van der Waals surface area contributed by atoms with Crippen LogP contribution in [0.2, 0.25) is 0 Å². The molecular weight excluding hydrogens is 222 g/mol. The molecule has 0 radical (unpaired) electrons. The average molecular weight is 232 g/mol. The number of rotatable bonds is 2. The van der Waals surface area contributed by atoms with Crippen LogP contribution in [0.5, 0.6) is 0 Å². The average Bonchev–Trinajstić information content (AvgIpc) is 2.32. The molecule has 0 saturated heterocycles. The van der Waals surface area contributed by atoms with E-state index in [0.29, 0.717) is 0 Å². The van der Waals surface area contributed by atoms with Crippen molar-refractivity contribution < 1.29 is 0 Å². The molecule has 0 atom stereocenters. The molecule has 1 fully saturated rings. The van der Waals surface area contributed by atoms with Crippen molar-refractivity contribution >= 4 is 27.3 Å². The van der Waals surface area contributed by atoms with E-state index in [1.54, 1.807) is 11.3 Å². The summed E-state index contributed by atoms with van der Waals surface area (Å²) in [7, 11) is 0. The molecule has 1 heterocycles. The summed E-state index contributed by atoms with van der Waals surface area (Å²) in [6, 6.07) is 0. The SMILES string of the molecule is BrCc1nc(C2CCC2)cs1. The zero-order valence-electron chi connectivity index (χ0n) is 6.22. The summed E-state index contributed by atoms with van der Waals surface area (Å²) in [5, 5.41) is 4.33. The van der Waals surface area contributed by atoms with Gasteiger partial charge in [-0.05, 0) is 12.8 Å². The molecule has 0 bridgehead atoms. The van der Waals surface area contributed by atoms with Gasteiger partial charge in [0.2, 0.25) is 0 Å². The van der Waals surface area contributed by atoms with E-state index in [1.165, 1.54) is 30.0 Å². The highest BCUT2D eigenvalue weighted by Gasteiger charge is 2.21. The van der Waals surface area contributed by atoms with Crippen LogP contribution in [0, 0.1) is 0 Å².